The molecule has 4 aliphatic carbocycles. The number of hydrogen-bond donors (Lipinski definition) is 1. The van der Waals surface area contributed by atoms with Crippen LogP contribution in [0.25, 0.3) is 0 Å². The lowest BCUT2D eigenvalue weighted by Gasteiger charge is -2.55. The number of carbonyl (C=O) groups is 1. The molecule has 1 N–H and O–H groups in total. The Labute approximate surface area is 127 Å². The first-order chi connectivity index (χ1) is 9.98. The van der Waals surface area contributed by atoms with Crippen molar-refractivity contribution in [1.29, 1.82) is 0 Å². The van der Waals surface area contributed by atoms with Crippen molar-refractivity contribution in [1.82, 2.24) is 5.32 Å². The average Bonchev–Trinajstić information content (AvgIpc) is 2.43. The van der Waals surface area contributed by atoms with Crippen LogP contribution in [0.2, 0.25) is 0 Å². The number of hydrogen-bond acceptors (Lipinski definition) is 3. The second kappa shape index (κ2) is 5.54. The molecule has 0 spiro atoms. The molecule has 4 bridgehead atoms. The van der Waals surface area contributed by atoms with Gasteiger partial charge in [0.15, 0.2) is 0 Å². The van der Waals surface area contributed by atoms with Gasteiger partial charge in [-0.25, -0.2) is 0 Å². The fourth-order valence-corrected chi connectivity index (χ4v) is 5.33. The predicted octanol–water partition coefficient (Wildman–Crippen LogP) is 2.37. The highest BCUT2D eigenvalue weighted by Gasteiger charge is 2.54. The van der Waals surface area contributed by atoms with E-state index in [0.717, 1.165) is 37.0 Å². The van der Waals surface area contributed by atoms with E-state index in [1.807, 2.05) is 6.92 Å². The Morgan fingerprint density at radius 2 is 1.67 bits per heavy atom. The van der Waals surface area contributed by atoms with E-state index in [1.165, 1.54) is 19.3 Å². The highest BCUT2D eigenvalue weighted by molar-refractivity contribution is 5.83. The van der Waals surface area contributed by atoms with Crippen LogP contribution < -0.4 is 5.32 Å². The quantitative estimate of drug-likeness (QED) is 0.818. The Morgan fingerprint density at radius 3 is 2.10 bits per heavy atom. The molecule has 0 saturated heterocycles. The zero-order valence-electron chi connectivity index (χ0n) is 13.6. The van der Waals surface area contributed by atoms with Crippen LogP contribution in [0, 0.1) is 23.2 Å². The van der Waals surface area contributed by atoms with Gasteiger partial charge >= 0.3 is 0 Å². The van der Waals surface area contributed by atoms with E-state index >= 15 is 0 Å². The first kappa shape index (κ1) is 15.3. The van der Waals surface area contributed by atoms with Crippen LogP contribution in [0.1, 0.15) is 45.4 Å². The van der Waals surface area contributed by atoms with Crippen LogP contribution in [0.4, 0.5) is 0 Å². The van der Waals surface area contributed by atoms with Gasteiger partial charge < -0.3 is 14.8 Å². The van der Waals surface area contributed by atoms with E-state index < -0.39 is 5.60 Å². The minimum absolute atomic E-state index is 0.0729. The van der Waals surface area contributed by atoms with E-state index in [-0.39, 0.29) is 11.3 Å². The third kappa shape index (κ3) is 2.85. The number of methoxy groups -OCH3 is 2. The van der Waals surface area contributed by atoms with Crippen LogP contribution in [-0.4, -0.2) is 38.9 Å². The SMILES string of the molecule is COC[C@@](C)(CNC(=O)C12CC3CC(CC(C3)C1)C2)OC. The minimum atomic E-state index is -0.438. The van der Waals surface area contributed by atoms with Crippen molar-refractivity contribution in [3.63, 3.8) is 0 Å². The Hall–Kier alpha value is -0.610. The highest BCUT2D eigenvalue weighted by Crippen LogP contribution is 2.60. The molecule has 120 valence electrons. The monoisotopic (exact) mass is 295 g/mol. The van der Waals surface area contributed by atoms with Crippen LogP contribution >= 0.6 is 0 Å². The molecule has 0 aromatic rings. The van der Waals surface area contributed by atoms with Gasteiger partial charge in [-0.3, -0.25) is 4.79 Å². The maximum Gasteiger partial charge on any atom is 0.226 e. The zero-order valence-corrected chi connectivity index (χ0v) is 13.6. The van der Waals surface area contributed by atoms with Gasteiger partial charge in [-0.05, 0) is 63.2 Å². The number of amides is 1. The second-order valence-electron chi connectivity index (χ2n) is 7.97. The van der Waals surface area contributed by atoms with E-state index in [2.05, 4.69) is 5.32 Å². The van der Waals surface area contributed by atoms with Crippen molar-refractivity contribution in [2.24, 2.45) is 23.2 Å². The van der Waals surface area contributed by atoms with Gasteiger partial charge in [0.1, 0.15) is 5.60 Å². The highest BCUT2D eigenvalue weighted by atomic mass is 16.5. The van der Waals surface area contributed by atoms with Crippen molar-refractivity contribution in [3.8, 4) is 0 Å². The molecule has 0 aromatic heterocycles. The van der Waals surface area contributed by atoms with Crippen molar-refractivity contribution in [3.05, 3.63) is 0 Å². The van der Waals surface area contributed by atoms with Crippen molar-refractivity contribution < 1.29 is 14.3 Å². The lowest BCUT2D eigenvalue weighted by atomic mass is 9.49. The summed E-state index contributed by atoms with van der Waals surface area (Å²) in [7, 11) is 3.34. The molecule has 4 fully saturated rings. The van der Waals surface area contributed by atoms with Crippen molar-refractivity contribution >= 4 is 5.91 Å². The number of carbonyl (C=O) groups excluding carboxylic acids is 1. The number of ether oxygens (including phenoxy) is 2. The summed E-state index contributed by atoms with van der Waals surface area (Å²) < 4.78 is 10.7. The molecule has 0 radical (unpaired) electrons. The zero-order chi connectivity index (χ0) is 15.1. The molecule has 0 unspecified atom stereocenters. The fraction of sp³-hybridized carbons (Fsp3) is 0.941. The maximum absolute atomic E-state index is 12.9. The summed E-state index contributed by atoms with van der Waals surface area (Å²) >= 11 is 0. The third-order valence-corrected chi connectivity index (χ3v) is 6.09. The topological polar surface area (TPSA) is 47.6 Å². The summed E-state index contributed by atoms with van der Waals surface area (Å²) in [4.78, 5) is 12.9. The van der Waals surface area contributed by atoms with Gasteiger partial charge in [0, 0.05) is 26.2 Å². The summed E-state index contributed by atoms with van der Waals surface area (Å²) in [5.41, 5.74) is -0.511. The van der Waals surface area contributed by atoms with Crippen LogP contribution in [-0.2, 0) is 14.3 Å². The number of rotatable bonds is 6. The van der Waals surface area contributed by atoms with Gasteiger partial charge in [-0.15, -0.1) is 0 Å². The Kier molecular flexibility index (Phi) is 4.04. The van der Waals surface area contributed by atoms with Gasteiger partial charge in [0.2, 0.25) is 5.91 Å². The van der Waals surface area contributed by atoms with Gasteiger partial charge in [0.25, 0.3) is 0 Å². The Bertz CT molecular complexity index is 374. The first-order valence-electron chi connectivity index (χ1n) is 8.31. The molecule has 4 rings (SSSR count). The summed E-state index contributed by atoms with van der Waals surface area (Å²) in [5.74, 6) is 2.67. The van der Waals surface area contributed by atoms with Gasteiger partial charge in [-0.2, -0.15) is 0 Å². The molecule has 4 aliphatic rings. The Balaban J connectivity index is 1.63. The van der Waals surface area contributed by atoms with Gasteiger partial charge in [0.05, 0.1) is 6.61 Å². The second-order valence-corrected chi connectivity index (χ2v) is 7.97. The first-order valence-corrected chi connectivity index (χ1v) is 8.31. The summed E-state index contributed by atoms with van der Waals surface area (Å²) in [6.45, 7) is 3.00. The number of nitrogens with one attached hydrogen (secondary N) is 1. The van der Waals surface area contributed by atoms with E-state index in [4.69, 9.17) is 9.47 Å². The average molecular weight is 295 g/mol. The molecule has 4 saturated carbocycles. The molecule has 1 amide bonds. The predicted molar refractivity (Wildman–Crippen MR) is 80.9 cm³/mol. The van der Waals surface area contributed by atoms with E-state index in [0.29, 0.717) is 13.2 Å². The lowest BCUT2D eigenvalue weighted by molar-refractivity contribution is -0.148. The Morgan fingerprint density at radius 1 is 1.14 bits per heavy atom. The summed E-state index contributed by atoms with van der Waals surface area (Å²) in [6, 6.07) is 0. The molecule has 1 atom stereocenters. The largest absolute Gasteiger partial charge is 0.382 e. The van der Waals surface area contributed by atoms with E-state index in [1.54, 1.807) is 14.2 Å². The van der Waals surface area contributed by atoms with Crippen LogP contribution in [0.15, 0.2) is 0 Å². The molecular formula is C17H29NO3. The smallest absolute Gasteiger partial charge is 0.226 e. The van der Waals surface area contributed by atoms with Crippen molar-refractivity contribution in [2.45, 2.75) is 51.0 Å². The minimum Gasteiger partial charge on any atom is -0.382 e. The molecule has 4 heteroatoms. The summed E-state index contributed by atoms with van der Waals surface area (Å²) in [5, 5.41) is 3.17. The summed E-state index contributed by atoms with van der Waals surface area (Å²) in [6.07, 6.45) is 7.43. The van der Waals surface area contributed by atoms with Crippen LogP contribution in [0.3, 0.4) is 0 Å². The van der Waals surface area contributed by atoms with Gasteiger partial charge in [-0.1, -0.05) is 0 Å². The normalized spacial score (nSPS) is 40.0. The lowest BCUT2D eigenvalue weighted by Crippen LogP contribution is -2.56. The van der Waals surface area contributed by atoms with Crippen LogP contribution in [0.5, 0.6) is 0 Å². The molecular weight excluding hydrogens is 266 g/mol. The molecule has 21 heavy (non-hydrogen) atoms. The van der Waals surface area contributed by atoms with E-state index in [9.17, 15) is 4.79 Å². The maximum atomic E-state index is 12.9. The van der Waals surface area contributed by atoms with Crippen molar-refractivity contribution in [2.75, 3.05) is 27.4 Å². The third-order valence-electron chi connectivity index (χ3n) is 6.09. The fourth-order valence-electron chi connectivity index (χ4n) is 5.33. The molecule has 4 nitrogen and oxygen atoms in total. The molecule has 0 aromatic carbocycles. The standard InChI is InChI=1S/C17H29NO3/c1-16(21-3,11-20-2)10-18-15(19)17-7-12-4-13(8-17)6-14(5-12)9-17/h12-14H,4-11H2,1-3H3,(H,18,19)/t12?,13?,14?,16-,17?/m1/s1. The molecule has 0 heterocycles. The molecule has 0 aliphatic heterocycles.